The lowest BCUT2D eigenvalue weighted by Crippen LogP contribution is -2.42. The van der Waals surface area contributed by atoms with Crippen molar-refractivity contribution in [2.75, 3.05) is 13.2 Å². The first-order chi connectivity index (χ1) is 10.1. The summed E-state index contributed by atoms with van der Waals surface area (Å²) in [6.07, 6.45) is -2.91. The van der Waals surface area contributed by atoms with Crippen molar-refractivity contribution in [2.24, 2.45) is 11.5 Å². The smallest absolute Gasteiger partial charge is 0.380 e. The van der Waals surface area contributed by atoms with Crippen molar-refractivity contribution >= 4 is 23.5 Å². The minimum Gasteiger partial charge on any atom is -0.480 e. The van der Waals surface area contributed by atoms with Crippen LogP contribution in [0.1, 0.15) is 12.8 Å². The summed E-state index contributed by atoms with van der Waals surface area (Å²) in [4.78, 5) is 41.0. The summed E-state index contributed by atoms with van der Waals surface area (Å²) in [7, 11) is 0. The highest BCUT2D eigenvalue weighted by Gasteiger charge is 2.32. The second kappa shape index (κ2) is 11.7. The van der Waals surface area contributed by atoms with E-state index >= 15 is 0 Å². The van der Waals surface area contributed by atoms with Gasteiger partial charge in [0.1, 0.15) is 18.2 Å². The summed E-state index contributed by atoms with van der Waals surface area (Å²) in [6, 6.07) is -0.742. The topological polar surface area (TPSA) is 221 Å². The van der Waals surface area contributed by atoms with Crippen molar-refractivity contribution in [3.63, 3.8) is 0 Å². The van der Waals surface area contributed by atoms with E-state index in [0.717, 1.165) is 0 Å². The first-order valence-electron chi connectivity index (χ1n) is 6.07. The highest BCUT2D eigenvalue weighted by molar-refractivity contribution is 6.62. The molecular weight excluding hydrogens is 304 g/mol. The maximum absolute atomic E-state index is 10.6. The molecule has 0 aliphatic rings. The van der Waals surface area contributed by atoms with Crippen LogP contribution in [0.3, 0.4) is 0 Å². The number of hydrogen-bond donors (Lipinski definition) is 7. The standard InChI is InChI=1S/C6H8O7.C5H12N2O2/c7-1-2(8)3(9)4(10)5(11)6(12)13;6-3-1-2-4(7)5(8)9/h2-3,7-9H,1H2,(H,12,13);4H,1-3,6-7H2,(H,8,9)/t;4-/m.0/s1. The fourth-order valence-corrected chi connectivity index (χ4v) is 0.976. The van der Waals surface area contributed by atoms with Crippen molar-refractivity contribution in [1.82, 2.24) is 0 Å². The van der Waals surface area contributed by atoms with Gasteiger partial charge in [0, 0.05) is 0 Å². The maximum Gasteiger partial charge on any atom is 0.380 e. The molecule has 0 amide bonds. The van der Waals surface area contributed by atoms with Crippen molar-refractivity contribution in [1.29, 1.82) is 0 Å². The van der Waals surface area contributed by atoms with Gasteiger partial charge in [-0.1, -0.05) is 0 Å². The van der Waals surface area contributed by atoms with Crippen LogP contribution in [0.25, 0.3) is 0 Å². The van der Waals surface area contributed by atoms with Gasteiger partial charge in [0.25, 0.3) is 0 Å². The Bertz CT molecular complexity index is 399. The van der Waals surface area contributed by atoms with E-state index < -0.39 is 48.4 Å². The number of rotatable bonds is 9. The lowest BCUT2D eigenvalue weighted by atomic mass is 10.1. The Balaban J connectivity index is 0. The van der Waals surface area contributed by atoms with Crippen molar-refractivity contribution in [3.8, 4) is 0 Å². The number of aliphatic hydroxyl groups is 3. The normalized spacial score (nSPS) is 14.0. The van der Waals surface area contributed by atoms with E-state index in [2.05, 4.69) is 0 Å². The first-order valence-corrected chi connectivity index (χ1v) is 6.07. The summed E-state index contributed by atoms with van der Waals surface area (Å²) in [6.45, 7) is -0.444. The monoisotopic (exact) mass is 324 g/mol. The molecule has 128 valence electrons. The number of hydrogen-bond acceptors (Lipinski definition) is 9. The average molecular weight is 324 g/mol. The van der Waals surface area contributed by atoms with Crippen LogP contribution in [0.2, 0.25) is 0 Å². The Kier molecular flexibility index (Phi) is 11.9. The summed E-state index contributed by atoms with van der Waals surface area (Å²) in [5.74, 6) is -6.47. The molecule has 9 N–H and O–H groups in total. The number of carbonyl (C=O) groups excluding carboxylic acids is 2. The number of Topliss-reactive ketones (excluding diaryl/α,β-unsaturated/α-hetero) is 2. The predicted octanol–water partition coefficient (Wildman–Crippen LogP) is -3.94. The minimum atomic E-state index is -2.20. The Labute approximate surface area is 125 Å². The zero-order chi connectivity index (χ0) is 17.9. The lowest BCUT2D eigenvalue weighted by molar-refractivity contribution is -0.157. The molecule has 0 spiro atoms. The second-order valence-corrected chi connectivity index (χ2v) is 4.07. The summed E-state index contributed by atoms with van der Waals surface area (Å²) in [5.41, 5.74) is 10.3. The van der Waals surface area contributed by atoms with E-state index in [1.807, 2.05) is 0 Å². The number of carboxylic acids is 2. The second-order valence-electron chi connectivity index (χ2n) is 4.07. The van der Waals surface area contributed by atoms with Crippen LogP contribution >= 0.6 is 0 Å². The van der Waals surface area contributed by atoms with E-state index in [1.165, 1.54) is 0 Å². The van der Waals surface area contributed by atoms with Crippen LogP contribution in [0, 0.1) is 0 Å². The highest BCUT2D eigenvalue weighted by Crippen LogP contribution is 1.95. The molecule has 0 aliphatic heterocycles. The van der Waals surface area contributed by atoms with Gasteiger partial charge in [-0.15, -0.1) is 0 Å². The number of carboxylic acid groups (broad SMARTS) is 2. The Hall–Kier alpha value is -1.92. The highest BCUT2D eigenvalue weighted by atomic mass is 16.4. The fraction of sp³-hybridized carbons (Fsp3) is 0.636. The lowest BCUT2D eigenvalue weighted by Gasteiger charge is -2.11. The van der Waals surface area contributed by atoms with Gasteiger partial charge in [0.2, 0.25) is 5.78 Å². The van der Waals surface area contributed by atoms with E-state index in [4.69, 9.17) is 37.0 Å². The largest absolute Gasteiger partial charge is 0.480 e. The Morgan fingerprint density at radius 3 is 1.86 bits per heavy atom. The predicted molar refractivity (Wildman–Crippen MR) is 70.6 cm³/mol. The molecule has 0 rings (SSSR count). The molecule has 11 nitrogen and oxygen atoms in total. The fourth-order valence-electron chi connectivity index (χ4n) is 0.976. The molecule has 0 saturated carbocycles. The molecule has 0 heterocycles. The molecule has 0 bridgehead atoms. The van der Waals surface area contributed by atoms with Gasteiger partial charge in [-0.05, 0) is 19.4 Å². The number of aliphatic carboxylic acids is 2. The molecule has 0 aliphatic carbocycles. The van der Waals surface area contributed by atoms with Crippen LogP contribution in [0.4, 0.5) is 0 Å². The summed E-state index contributed by atoms with van der Waals surface area (Å²) < 4.78 is 0. The molecule has 11 heteroatoms. The third-order valence-corrected chi connectivity index (χ3v) is 2.27. The van der Waals surface area contributed by atoms with Gasteiger partial charge >= 0.3 is 17.7 Å². The molecule has 0 aromatic heterocycles. The minimum absolute atomic E-state index is 0.464. The zero-order valence-electron chi connectivity index (χ0n) is 11.6. The molecule has 0 fully saturated rings. The Morgan fingerprint density at radius 2 is 1.55 bits per heavy atom. The van der Waals surface area contributed by atoms with Gasteiger partial charge in [0.15, 0.2) is 0 Å². The maximum atomic E-state index is 10.6. The third kappa shape index (κ3) is 9.10. The quantitative estimate of drug-likeness (QED) is 0.160. The van der Waals surface area contributed by atoms with Crippen LogP contribution < -0.4 is 11.5 Å². The molecule has 0 aromatic carbocycles. The van der Waals surface area contributed by atoms with Crippen molar-refractivity contribution in [2.45, 2.75) is 31.1 Å². The van der Waals surface area contributed by atoms with E-state index in [9.17, 15) is 19.2 Å². The van der Waals surface area contributed by atoms with E-state index in [0.29, 0.717) is 19.4 Å². The van der Waals surface area contributed by atoms with Gasteiger partial charge < -0.3 is 37.0 Å². The number of ketones is 2. The van der Waals surface area contributed by atoms with Crippen LogP contribution in [0.5, 0.6) is 0 Å². The van der Waals surface area contributed by atoms with Crippen LogP contribution in [-0.2, 0) is 19.2 Å². The van der Waals surface area contributed by atoms with Crippen molar-refractivity contribution in [3.05, 3.63) is 0 Å². The molecule has 0 radical (unpaired) electrons. The molecule has 22 heavy (non-hydrogen) atoms. The molecule has 2 unspecified atom stereocenters. The summed E-state index contributed by atoms with van der Waals surface area (Å²) >= 11 is 0. The summed E-state index contributed by atoms with van der Waals surface area (Å²) in [5, 5.41) is 41.9. The van der Waals surface area contributed by atoms with Crippen LogP contribution in [-0.4, -0.2) is 80.4 Å². The van der Waals surface area contributed by atoms with Gasteiger partial charge in [-0.2, -0.15) is 0 Å². The first kappa shape index (κ1) is 22.4. The number of aliphatic hydroxyl groups excluding tert-OH is 3. The molecule has 0 saturated heterocycles. The number of nitrogens with two attached hydrogens (primary N) is 2. The molecular formula is C11H20N2O9. The molecule has 3 atom stereocenters. The van der Waals surface area contributed by atoms with E-state index in [1.54, 1.807) is 0 Å². The van der Waals surface area contributed by atoms with E-state index in [-0.39, 0.29) is 0 Å². The number of carbonyl (C=O) groups is 4. The van der Waals surface area contributed by atoms with Gasteiger partial charge in [-0.3, -0.25) is 14.4 Å². The zero-order valence-corrected chi connectivity index (χ0v) is 11.6. The Morgan fingerprint density at radius 1 is 1.05 bits per heavy atom. The van der Waals surface area contributed by atoms with Gasteiger partial charge in [0.05, 0.1) is 6.61 Å². The average Bonchev–Trinajstić information content (AvgIpc) is 2.49. The third-order valence-electron chi connectivity index (χ3n) is 2.27. The van der Waals surface area contributed by atoms with Gasteiger partial charge in [-0.25, -0.2) is 4.79 Å². The van der Waals surface area contributed by atoms with Crippen molar-refractivity contribution < 1.29 is 44.7 Å². The SMILES string of the molecule is NCCC[C@H](N)C(=O)O.O=C(O)C(=O)C(=O)C(O)C(O)CO. The van der Waals surface area contributed by atoms with Crippen LogP contribution in [0.15, 0.2) is 0 Å². The molecule has 0 aromatic rings.